The SMILES string of the molecule is C#CCN1CCc2cc(C(C)C)ccc2C1.C=CCN1CCc2cc(C(C)C)ccc2C1.CC(=O)N1CCc2cc(C(C)C)ccc2C1(C)C.CC(C)c1cc(Cl)c2c(c1)CNCC2(C)C.CC(C)c1ccc2c(c1)C(C#N)CN(C)C2.CC(C)c1ccc2c(c1)C(O)CN(C)C2.CC(C)c1ccc2c(c1)CCC(O)C2.Cc1cc(C(C)C)cc2c1C(C)(C)CNC2. The Morgan fingerprint density at radius 2 is 0.898 bits per heavy atom. The maximum Gasteiger partial charge on any atom is 0.220 e. The molecule has 16 rings (SSSR count). The van der Waals surface area contributed by atoms with Gasteiger partial charge in [0.15, 0.2) is 0 Å². The molecule has 8 aromatic rings. The Bertz CT molecular complexity index is 5000. The minimum Gasteiger partial charge on any atom is -0.393 e. The maximum absolute atomic E-state index is 11.7. The monoisotopic (exact) mass is 1740 g/mol. The number of nitrogens with zero attached hydrogens (tertiary/aromatic N) is 6. The van der Waals surface area contributed by atoms with Crippen LogP contribution in [0.3, 0.4) is 0 Å². The molecular weight excluding hydrogens is 1580 g/mol. The molecule has 0 radical (unpaired) electrons. The second kappa shape index (κ2) is 46.2. The van der Waals surface area contributed by atoms with Crippen LogP contribution < -0.4 is 10.6 Å². The molecule has 0 spiro atoms. The molecule has 8 aliphatic rings. The number of aryl methyl sites for hydroxylation is 2. The zero-order chi connectivity index (χ0) is 93.3. The predicted octanol–water partition coefficient (Wildman–Crippen LogP) is 24.8. The summed E-state index contributed by atoms with van der Waals surface area (Å²) < 4.78 is 0. The smallest absolute Gasteiger partial charge is 0.220 e. The molecule has 686 valence electrons. The first-order valence-corrected chi connectivity index (χ1v) is 48.3. The predicted molar refractivity (Wildman–Crippen MR) is 539 cm³/mol. The Balaban J connectivity index is 0.000000164. The van der Waals surface area contributed by atoms with Gasteiger partial charge in [0.1, 0.15) is 0 Å². The third-order valence-corrected chi connectivity index (χ3v) is 27.7. The number of halogens is 1. The van der Waals surface area contributed by atoms with Gasteiger partial charge in [0.05, 0.1) is 36.3 Å². The maximum atomic E-state index is 11.7. The average molecular weight is 1740 g/mol. The van der Waals surface area contributed by atoms with E-state index in [0.717, 1.165) is 134 Å². The molecule has 8 aromatic carbocycles. The number of carbonyl (C=O) groups is 1. The van der Waals surface area contributed by atoms with E-state index in [1.54, 1.807) is 18.1 Å². The molecule has 7 heterocycles. The summed E-state index contributed by atoms with van der Waals surface area (Å²) in [5, 5.41) is 36.7. The van der Waals surface area contributed by atoms with Gasteiger partial charge >= 0.3 is 0 Å². The van der Waals surface area contributed by atoms with Crippen LogP contribution >= 0.6 is 11.6 Å². The molecule has 3 unspecified atom stereocenters. The van der Waals surface area contributed by atoms with Gasteiger partial charge in [-0.15, -0.1) is 13.0 Å². The largest absolute Gasteiger partial charge is 0.393 e. The molecule has 3 atom stereocenters. The zero-order valence-electron chi connectivity index (χ0n) is 83.1. The summed E-state index contributed by atoms with van der Waals surface area (Å²) in [5.41, 5.74) is 35.1. The Morgan fingerprint density at radius 3 is 1.39 bits per heavy atom. The van der Waals surface area contributed by atoms with Crippen molar-refractivity contribution in [2.24, 2.45) is 0 Å². The highest BCUT2D eigenvalue weighted by Gasteiger charge is 2.37. The number of hydrogen-bond donors (Lipinski definition) is 4. The van der Waals surface area contributed by atoms with Gasteiger partial charge in [-0.1, -0.05) is 289 Å². The molecule has 11 nitrogen and oxygen atoms in total. The van der Waals surface area contributed by atoms with E-state index in [-0.39, 0.29) is 40.4 Å². The fraction of sp³-hybridized carbons (Fsp3) is 0.530. The third-order valence-electron chi connectivity index (χ3n) is 27.4. The highest BCUT2D eigenvalue weighted by atomic mass is 35.5. The number of hydrogen-bond acceptors (Lipinski definition) is 10. The highest BCUT2D eigenvalue weighted by Crippen LogP contribution is 2.41. The van der Waals surface area contributed by atoms with Gasteiger partial charge in [0.25, 0.3) is 0 Å². The minimum atomic E-state index is -0.322. The first-order valence-electron chi connectivity index (χ1n) is 48.0. The Labute approximate surface area is 775 Å². The van der Waals surface area contributed by atoms with E-state index in [1.807, 2.05) is 18.0 Å². The summed E-state index contributed by atoms with van der Waals surface area (Å²) >= 11 is 6.45. The van der Waals surface area contributed by atoms with Crippen LogP contribution in [0.5, 0.6) is 0 Å². The Kier molecular flexibility index (Phi) is 37.4. The van der Waals surface area contributed by atoms with Crippen LogP contribution in [0.4, 0.5) is 0 Å². The van der Waals surface area contributed by atoms with E-state index in [2.05, 4.69) is 349 Å². The number of likely N-dealkylation sites (N-methyl/N-ethyl adjacent to an activating group) is 2. The summed E-state index contributed by atoms with van der Waals surface area (Å²) in [7, 11) is 4.12. The molecule has 0 saturated carbocycles. The molecule has 1 amide bonds. The number of nitriles is 1. The third kappa shape index (κ3) is 27.6. The second-order valence-corrected chi connectivity index (χ2v) is 42.4. The lowest BCUT2D eigenvalue weighted by Crippen LogP contribution is -2.49. The summed E-state index contributed by atoms with van der Waals surface area (Å²) in [5.74, 6) is 7.56. The van der Waals surface area contributed by atoms with Gasteiger partial charge < -0.3 is 30.6 Å². The van der Waals surface area contributed by atoms with E-state index >= 15 is 0 Å². The van der Waals surface area contributed by atoms with E-state index in [4.69, 9.17) is 18.0 Å². The molecule has 7 aliphatic heterocycles. The van der Waals surface area contributed by atoms with Gasteiger partial charge in [-0.05, 0) is 266 Å². The number of terminal acetylenes is 1. The van der Waals surface area contributed by atoms with Crippen molar-refractivity contribution in [1.82, 2.24) is 35.1 Å². The summed E-state index contributed by atoms with van der Waals surface area (Å²) in [6.07, 6.45) is 13.0. The fourth-order valence-corrected chi connectivity index (χ4v) is 20.1. The number of benzene rings is 8. The molecule has 0 fully saturated rings. The fourth-order valence-electron chi connectivity index (χ4n) is 19.6. The van der Waals surface area contributed by atoms with Crippen LogP contribution in [0, 0.1) is 30.6 Å². The van der Waals surface area contributed by atoms with Crippen molar-refractivity contribution in [1.29, 1.82) is 5.26 Å². The van der Waals surface area contributed by atoms with E-state index in [9.17, 15) is 20.3 Å². The summed E-state index contributed by atoms with van der Waals surface area (Å²) in [6, 6.07) is 52.0. The van der Waals surface area contributed by atoms with E-state index < -0.39 is 0 Å². The standard InChI is InChI=1S/C16H23NO.C15H23N.C15H21N.C15H19N.C14H20ClN.C14H18N2.C13H19NO.C13H18O/c1-11(2)13-6-7-15-14(10-13)8-9-17(12(3)18)16(15,4)5;1-10(2)12-6-11(3)14-13(7-12)8-16-9-15(14,4)5;2*1-4-8-16-9-7-14-10-13(12(2)3)5-6-15(14)11-16;1-9(2)10-5-11-7-16-8-14(3,4)13(11)12(15)6-10;1-10(2)11-4-5-12-8-16(3)9-13(7-15)14(12)6-11;1-9(2)10-4-5-11-7-14(3)8-13(15)12(11)6-10;1-9(2)10-3-4-12-8-13(14)6-5-11(12)7-10/h6-7,10-11H,8-9H2,1-5H3;6-7,10,16H,8-9H2,1-5H3;4-6,10,12H,1,7-9,11H2,2-3H3;1,5-6,10,12H,7-9,11H2,2-3H3;5-6,9,16H,7-8H2,1-4H3;4-6,10,13H,8-9H2,1-3H3;4-6,9,13,15H,7-8H2,1-3H3;3-4,7,9,13-14H,5-6,8H2,1-2H3. The van der Waals surface area contributed by atoms with Crippen LogP contribution in [0.2, 0.25) is 5.02 Å². The normalized spacial score (nSPS) is 18.7. The Morgan fingerprint density at radius 1 is 0.496 bits per heavy atom. The van der Waals surface area contributed by atoms with Gasteiger partial charge in [0.2, 0.25) is 5.91 Å². The number of rotatable bonds is 11. The quantitative estimate of drug-likeness (QED) is 0.0736. The van der Waals surface area contributed by atoms with Crippen molar-refractivity contribution in [3.8, 4) is 18.4 Å². The molecule has 12 heteroatoms. The first kappa shape index (κ1) is 103. The minimum absolute atomic E-state index is 0.0347. The number of β-amino-alcohol motifs (C(OH)–C–C–N with tert-alkyl or cyclic N) is 1. The average Bonchev–Trinajstić information content (AvgIpc) is 0.747. The van der Waals surface area contributed by atoms with Crippen LogP contribution in [-0.2, 0) is 92.5 Å². The molecule has 1 aliphatic carbocycles. The molecule has 0 aromatic heterocycles. The van der Waals surface area contributed by atoms with Crippen molar-refractivity contribution in [3.05, 3.63) is 290 Å². The number of aliphatic hydroxyl groups is 2. The molecule has 4 N–H and O–H groups in total. The first-order chi connectivity index (χ1) is 59.9. The topological polar surface area (TPSA) is 122 Å². The lowest BCUT2D eigenvalue weighted by atomic mass is 9.75. The van der Waals surface area contributed by atoms with Crippen molar-refractivity contribution < 1.29 is 15.0 Å². The number of amides is 1. The van der Waals surface area contributed by atoms with Crippen molar-refractivity contribution in [3.63, 3.8) is 0 Å². The van der Waals surface area contributed by atoms with Crippen LogP contribution in [0.15, 0.2) is 146 Å². The summed E-state index contributed by atoms with van der Waals surface area (Å²) in [4.78, 5) is 22.8. The highest BCUT2D eigenvalue weighted by molar-refractivity contribution is 6.31. The van der Waals surface area contributed by atoms with Crippen molar-refractivity contribution >= 4 is 17.5 Å². The lowest BCUT2D eigenvalue weighted by molar-refractivity contribution is -0.135. The van der Waals surface area contributed by atoms with Gasteiger partial charge in [-0.3, -0.25) is 19.5 Å². The summed E-state index contributed by atoms with van der Waals surface area (Å²) in [6.45, 7) is 71.3. The number of carbonyl (C=O) groups excluding carboxylic acids is 1. The van der Waals surface area contributed by atoms with Gasteiger partial charge in [-0.25, -0.2) is 0 Å². The van der Waals surface area contributed by atoms with Crippen LogP contribution in [-0.4, -0.2) is 120 Å². The van der Waals surface area contributed by atoms with Crippen LogP contribution in [0.25, 0.3) is 0 Å². The number of nitrogens with one attached hydrogen (secondary N) is 2. The van der Waals surface area contributed by atoms with Gasteiger partial charge in [0, 0.05) is 114 Å². The van der Waals surface area contributed by atoms with E-state index in [1.165, 1.54) is 135 Å². The Hall–Kier alpha value is -8.01. The second-order valence-electron chi connectivity index (χ2n) is 41.9. The number of aliphatic hydroxyl groups excluding tert-OH is 2. The van der Waals surface area contributed by atoms with E-state index in [0.29, 0.717) is 47.3 Å². The van der Waals surface area contributed by atoms with Crippen LogP contribution in [0.1, 0.15) is 364 Å². The molecule has 0 saturated heterocycles. The molecular formula is C115H161ClN8O3. The molecule has 127 heavy (non-hydrogen) atoms. The lowest BCUT2D eigenvalue weighted by Gasteiger charge is -2.43. The number of fused-ring (bicyclic) bond motifs is 8. The zero-order valence-corrected chi connectivity index (χ0v) is 83.9. The molecule has 0 bridgehead atoms. The van der Waals surface area contributed by atoms with Crippen molar-refractivity contribution in [2.75, 3.05) is 73.0 Å². The van der Waals surface area contributed by atoms with Crippen molar-refractivity contribution in [2.45, 2.75) is 326 Å². The van der Waals surface area contributed by atoms with Gasteiger partial charge in [-0.2, -0.15) is 5.26 Å².